The topological polar surface area (TPSA) is 40.0 Å². The van der Waals surface area contributed by atoms with E-state index in [-0.39, 0.29) is 0 Å². The minimum absolute atomic E-state index is 0.565. The van der Waals surface area contributed by atoms with E-state index in [4.69, 9.17) is 0 Å². The van der Waals surface area contributed by atoms with Crippen LogP contribution in [0.1, 0.15) is 39.0 Å². The van der Waals surface area contributed by atoms with Gasteiger partial charge in [0.2, 0.25) is 0 Å². The quantitative estimate of drug-likeness (QED) is 0.842. The number of aliphatic imine (C=N–C) groups is 2. The van der Waals surface area contributed by atoms with Crippen molar-refractivity contribution in [3.63, 3.8) is 0 Å². The third-order valence-corrected chi connectivity index (χ3v) is 5.87. The molecule has 0 aromatic carbocycles. The molecule has 3 aliphatic heterocycles. The number of nitrogens with one attached hydrogen (secondary N) is 1. The summed E-state index contributed by atoms with van der Waals surface area (Å²) in [5.41, 5.74) is 1.40. The van der Waals surface area contributed by atoms with Crippen molar-refractivity contribution in [2.45, 2.75) is 45.1 Å². The van der Waals surface area contributed by atoms with Crippen molar-refractivity contribution in [1.29, 1.82) is 0 Å². The maximum absolute atomic E-state index is 4.66. The highest BCUT2D eigenvalue weighted by molar-refractivity contribution is 8.17. The average molecular weight is 325 g/mol. The molecule has 0 radical (unpaired) electrons. The lowest BCUT2D eigenvalue weighted by Crippen LogP contribution is -2.29. The Bertz CT molecular complexity index is 459. The average Bonchev–Trinajstić information content (AvgIpc) is 3.03. The fourth-order valence-corrected chi connectivity index (χ4v) is 4.70. The Morgan fingerprint density at radius 2 is 2.38 bits per heavy atom. The highest BCUT2D eigenvalue weighted by Gasteiger charge is 2.25. The van der Waals surface area contributed by atoms with Crippen LogP contribution in [0.4, 0.5) is 0 Å². The first-order valence-corrected chi connectivity index (χ1v) is 9.85. The number of unbranched alkanes of at least 4 members (excludes halogenated alkanes) is 1. The Balaban J connectivity index is 1.46. The SMILES string of the molecule is CCCCC1CN=C(SCC2=CSC3=NCCCCN23)N1. The van der Waals surface area contributed by atoms with Gasteiger partial charge in [-0.1, -0.05) is 43.3 Å². The number of hydrogen-bond acceptors (Lipinski definition) is 6. The Hall–Kier alpha value is -0.620. The molecule has 0 aromatic heterocycles. The molecular weight excluding hydrogens is 300 g/mol. The maximum atomic E-state index is 4.66. The van der Waals surface area contributed by atoms with E-state index in [0.29, 0.717) is 6.04 Å². The molecule has 1 N–H and O–H groups in total. The Kier molecular flexibility index (Phi) is 5.52. The minimum atomic E-state index is 0.565. The monoisotopic (exact) mass is 324 g/mol. The van der Waals surface area contributed by atoms with Crippen LogP contribution >= 0.6 is 23.5 Å². The summed E-state index contributed by atoms with van der Waals surface area (Å²) in [6, 6.07) is 0.565. The van der Waals surface area contributed by atoms with Gasteiger partial charge in [-0.05, 0) is 24.7 Å². The maximum Gasteiger partial charge on any atom is 0.167 e. The molecule has 0 aliphatic carbocycles. The molecule has 21 heavy (non-hydrogen) atoms. The fraction of sp³-hybridized carbons (Fsp3) is 0.733. The molecule has 0 bridgehead atoms. The highest BCUT2D eigenvalue weighted by atomic mass is 32.2. The molecule has 116 valence electrons. The van der Waals surface area contributed by atoms with E-state index >= 15 is 0 Å². The predicted octanol–water partition coefficient (Wildman–Crippen LogP) is 3.28. The van der Waals surface area contributed by atoms with Crippen molar-refractivity contribution in [2.75, 3.05) is 25.4 Å². The summed E-state index contributed by atoms with van der Waals surface area (Å²) in [5.74, 6) is 0.998. The van der Waals surface area contributed by atoms with Crippen LogP contribution in [0.25, 0.3) is 0 Å². The lowest BCUT2D eigenvalue weighted by molar-refractivity contribution is 0.517. The van der Waals surface area contributed by atoms with Crippen LogP contribution in [0.2, 0.25) is 0 Å². The fourth-order valence-electron chi connectivity index (χ4n) is 2.70. The second-order valence-electron chi connectivity index (χ2n) is 5.67. The van der Waals surface area contributed by atoms with Gasteiger partial charge in [-0.3, -0.25) is 9.98 Å². The summed E-state index contributed by atoms with van der Waals surface area (Å²) in [5, 5.41) is 8.16. The number of nitrogens with zero attached hydrogens (tertiary/aromatic N) is 3. The van der Waals surface area contributed by atoms with E-state index in [1.807, 2.05) is 11.8 Å². The zero-order valence-electron chi connectivity index (χ0n) is 12.7. The van der Waals surface area contributed by atoms with E-state index in [2.05, 4.69) is 32.5 Å². The van der Waals surface area contributed by atoms with Gasteiger partial charge >= 0.3 is 0 Å². The smallest absolute Gasteiger partial charge is 0.167 e. The summed E-state index contributed by atoms with van der Waals surface area (Å²) in [6.45, 7) is 5.31. The predicted molar refractivity (Wildman–Crippen MR) is 95.1 cm³/mol. The van der Waals surface area contributed by atoms with Gasteiger partial charge in [0, 0.05) is 30.6 Å². The summed E-state index contributed by atoms with van der Waals surface area (Å²) in [6.07, 6.45) is 6.26. The summed E-state index contributed by atoms with van der Waals surface area (Å²) < 4.78 is 0. The van der Waals surface area contributed by atoms with Gasteiger partial charge in [-0.25, -0.2) is 0 Å². The van der Waals surface area contributed by atoms with E-state index in [1.54, 1.807) is 11.8 Å². The first-order valence-electron chi connectivity index (χ1n) is 7.98. The molecule has 3 heterocycles. The second kappa shape index (κ2) is 7.58. The molecule has 0 amide bonds. The third kappa shape index (κ3) is 3.97. The number of thioether (sulfide) groups is 2. The minimum Gasteiger partial charge on any atom is -0.360 e. The standard InChI is InChI=1S/C15H24N4S2/c1-2-3-6-12-9-17-14(18-12)20-10-13-11-21-15-16-7-4-5-8-19(13)15/h11-12H,2-10H2,1H3,(H,17,18). The molecule has 0 aromatic rings. The van der Waals surface area contributed by atoms with Crippen LogP contribution in [-0.2, 0) is 0 Å². The van der Waals surface area contributed by atoms with E-state index in [1.165, 1.54) is 43.0 Å². The number of hydrogen-bond donors (Lipinski definition) is 1. The van der Waals surface area contributed by atoms with Crippen molar-refractivity contribution in [2.24, 2.45) is 9.98 Å². The van der Waals surface area contributed by atoms with E-state index in [0.717, 1.165) is 30.6 Å². The van der Waals surface area contributed by atoms with Crippen LogP contribution in [0.15, 0.2) is 21.1 Å². The van der Waals surface area contributed by atoms with Crippen LogP contribution in [0, 0.1) is 0 Å². The van der Waals surface area contributed by atoms with Crippen molar-refractivity contribution < 1.29 is 0 Å². The lowest BCUT2D eigenvalue weighted by atomic mass is 10.1. The Morgan fingerprint density at radius 1 is 1.43 bits per heavy atom. The van der Waals surface area contributed by atoms with Crippen molar-refractivity contribution >= 4 is 33.9 Å². The molecular formula is C15H24N4S2. The first kappa shape index (κ1) is 15.3. The van der Waals surface area contributed by atoms with Gasteiger partial charge in [0.25, 0.3) is 0 Å². The largest absolute Gasteiger partial charge is 0.360 e. The van der Waals surface area contributed by atoms with Crippen LogP contribution in [0.3, 0.4) is 0 Å². The first-order chi connectivity index (χ1) is 10.4. The van der Waals surface area contributed by atoms with Crippen molar-refractivity contribution in [3.05, 3.63) is 11.1 Å². The molecule has 0 saturated carbocycles. The van der Waals surface area contributed by atoms with Crippen molar-refractivity contribution in [1.82, 2.24) is 10.2 Å². The van der Waals surface area contributed by atoms with Crippen molar-refractivity contribution in [3.8, 4) is 0 Å². The summed E-state index contributed by atoms with van der Waals surface area (Å²) in [7, 11) is 0. The van der Waals surface area contributed by atoms with E-state index < -0.39 is 0 Å². The van der Waals surface area contributed by atoms with Gasteiger partial charge < -0.3 is 10.2 Å². The molecule has 6 heteroatoms. The van der Waals surface area contributed by atoms with Gasteiger partial charge in [0.15, 0.2) is 10.3 Å². The molecule has 1 atom stereocenters. The zero-order valence-corrected chi connectivity index (χ0v) is 14.3. The molecule has 4 nitrogen and oxygen atoms in total. The summed E-state index contributed by atoms with van der Waals surface area (Å²) in [4.78, 5) is 11.7. The normalized spacial score (nSPS) is 24.9. The lowest BCUT2D eigenvalue weighted by Gasteiger charge is -2.20. The van der Waals surface area contributed by atoms with Crippen LogP contribution < -0.4 is 5.32 Å². The number of rotatable bonds is 5. The van der Waals surface area contributed by atoms with Gasteiger partial charge in [-0.2, -0.15) is 0 Å². The molecule has 0 saturated heterocycles. The highest BCUT2D eigenvalue weighted by Crippen LogP contribution is 2.30. The molecule has 3 rings (SSSR count). The number of fused-ring (bicyclic) bond motifs is 1. The second-order valence-corrected chi connectivity index (χ2v) is 7.47. The molecule has 0 fully saturated rings. The molecule has 1 unspecified atom stereocenters. The van der Waals surface area contributed by atoms with Gasteiger partial charge in [0.05, 0.1) is 6.54 Å². The van der Waals surface area contributed by atoms with E-state index in [9.17, 15) is 0 Å². The van der Waals surface area contributed by atoms with Crippen LogP contribution in [0.5, 0.6) is 0 Å². The molecule has 0 spiro atoms. The third-order valence-electron chi connectivity index (χ3n) is 3.96. The summed E-state index contributed by atoms with van der Waals surface area (Å²) >= 11 is 3.62. The molecule has 3 aliphatic rings. The number of amidine groups is 2. The van der Waals surface area contributed by atoms with Gasteiger partial charge in [-0.15, -0.1) is 0 Å². The zero-order chi connectivity index (χ0) is 14.5. The Labute approximate surface area is 135 Å². The Morgan fingerprint density at radius 3 is 3.29 bits per heavy atom. The van der Waals surface area contributed by atoms with Gasteiger partial charge in [0.1, 0.15) is 0 Å². The van der Waals surface area contributed by atoms with Crippen LogP contribution in [-0.4, -0.2) is 46.7 Å².